The van der Waals surface area contributed by atoms with Crippen LogP contribution in [0.4, 0.5) is 5.69 Å². The van der Waals surface area contributed by atoms with Gasteiger partial charge in [0.1, 0.15) is 0 Å². The lowest BCUT2D eigenvalue weighted by Crippen LogP contribution is -2.29. The van der Waals surface area contributed by atoms with Gasteiger partial charge in [0.15, 0.2) is 5.69 Å². The Morgan fingerprint density at radius 2 is 2.39 bits per heavy atom. The monoisotopic (exact) mass is 252 g/mol. The Labute approximate surface area is 106 Å². The predicted molar refractivity (Wildman–Crippen MR) is 68.2 cm³/mol. The maximum absolute atomic E-state index is 11.9. The van der Waals surface area contributed by atoms with Gasteiger partial charge >= 0.3 is 0 Å². The molecule has 1 unspecified atom stereocenters. The molecular weight excluding hydrogens is 232 g/mol. The second-order valence-corrected chi connectivity index (χ2v) is 5.00. The smallest absolute Gasteiger partial charge is 0.273 e. The molecule has 0 spiro atoms. The van der Waals surface area contributed by atoms with Crippen molar-refractivity contribution in [3.8, 4) is 0 Å². The summed E-state index contributed by atoms with van der Waals surface area (Å²) in [5, 5.41) is 18.4. The number of aliphatic hydroxyl groups excluding tert-OH is 1. The molecule has 0 aromatic carbocycles. The molecular formula is C12H20N4O2. The SMILES string of the molecule is CC(CCO)CNC(=O)c1n[nH]c(C2CC2)c1N. The summed E-state index contributed by atoms with van der Waals surface area (Å²) in [7, 11) is 0. The Kier molecular flexibility index (Phi) is 3.86. The highest BCUT2D eigenvalue weighted by Crippen LogP contribution is 2.42. The maximum atomic E-state index is 11.9. The summed E-state index contributed by atoms with van der Waals surface area (Å²) >= 11 is 0. The van der Waals surface area contributed by atoms with Crippen molar-refractivity contribution in [3.05, 3.63) is 11.4 Å². The highest BCUT2D eigenvalue weighted by Gasteiger charge is 2.30. The van der Waals surface area contributed by atoms with E-state index in [0.29, 0.717) is 24.6 Å². The minimum atomic E-state index is -0.250. The summed E-state index contributed by atoms with van der Waals surface area (Å²) in [6.07, 6.45) is 2.89. The Balaban J connectivity index is 1.92. The van der Waals surface area contributed by atoms with E-state index in [1.165, 1.54) is 0 Å². The van der Waals surface area contributed by atoms with Crippen LogP contribution in [0.5, 0.6) is 0 Å². The molecule has 1 aliphatic rings. The topological polar surface area (TPSA) is 104 Å². The first-order chi connectivity index (χ1) is 8.63. The van der Waals surface area contributed by atoms with E-state index >= 15 is 0 Å². The van der Waals surface area contributed by atoms with Crippen LogP contribution >= 0.6 is 0 Å². The van der Waals surface area contributed by atoms with Gasteiger partial charge in [-0.05, 0) is 25.2 Å². The molecule has 1 atom stereocenters. The summed E-state index contributed by atoms with van der Waals surface area (Å²) in [6.45, 7) is 2.62. The zero-order valence-corrected chi connectivity index (χ0v) is 10.6. The van der Waals surface area contributed by atoms with Crippen LogP contribution in [0.3, 0.4) is 0 Å². The molecule has 0 bridgehead atoms. The molecule has 1 heterocycles. The summed E-state index contributed by atoms with van der Waals surface area (Å²) in [4.78, 5) is 11.9. The fourth-order valence-electron chi connectivity index (χ4n) is 1.89. The summed E-state index contributed by atoms with van der Waals surface area (Å²) in [5.41, 5.74) is 7.57. The lowest BCUT2D eigenvalue weighted by atomic mass is 10.1. The lowest BCUT2D eigenvalue weighted by molar-refractivity contribution is 0.0941. The molecule has 1 saturated carbocycles. The molecule has 0 radical (unpaired) electrons. The third kappa shape index (κ3) is 2.81. The molecule has 18 heavy (non-hydrogen) atoms. The normalized spacial score (nSPS) is 16.6. The van der Waals surface area contributed by atoms with Gasteiger partial charge in [0.2, 0.25) is 0 Å². The standard InChI is InChI=1S/C12H20N4O2/c1-7(4-5-17)6-14-12(18)11-9(13)10(15-16-11)8-2-3-8/h7-8,17H,2-6,13H2,1H3,(H,14,18)(H,15,16). The van der Waals surface area contributed by atoms with E-state index in [9.17, 15) is 4.79 Å². The second-order valence-electron chi connectivity index (χ2n) is 5.00. The van der Waals surface area contributed by atoms with E-state index in [1.54, 1.807) is 0 Å². The lowest BCUT2D eigenvalue weighted by Gasteiger charge is -2.10. The highest BCUT2D eigenvalue weighted by molar-refractivity contribution is 5.97. The third-order valence-corrected chi connectivity index (χ3v) is 3.27. The summed E-state index contributed by atoms with van der Waals surface area (Å²) in [6, 6.07) is 0. The van der Waals surface area contributed by atoms with Crippen LogP contribution in [0.1, 0.15) is 48.3 Å². The van der Waals surface area contributed by atoms with Gasteiger partial charge in [0.05, 0.1) is 11.4 Å². The van der Waals surface area contributed by atoms with Crippen molar-refractivity contribution in [2.75, 3.05) is 18.9 Å². The summed E-state index contributed by atoms with van der Waals surface area (Å²) < 4.78 is 0. The van der Waals surface area contributed by atoms with E-state index in [1.807, 2.05) is 6.92 Å². The Morgan fingerprint density at radius 1 is 1.67 bits per heavy atom. The van der Waals surface area contributed by atoms with Gasteiger partial charge in [0, 0.05) is 19.1 Å². The number of H-pyrrole nitrogens is 1. The number of aliphatic hydroxyl groups is 1. The molecule has 2 rings (SSSR count). The number of anilines is 1. The fraction of sp³-hybridized carbons (Fsp3) is 0.667. The largest absolute Gasteiger partial charge is 0.396 e. The quantitative estimate of drug-likeness (QED) is 0.595. The highest BCUT2D eigenvalue weighted by atomic mass is 16.3. The van der Waals surface area contributed by atoms with Gasteiger partial charge in [-0.2, -0.15) is 5.10 Å². The number of aromatic amines is 1. The minimum absolute atomic E-state index is 0.132. The number of carbonyl (C=O) groups excluding carboxylic acids is 1. The minimum Gasteiger partial charge on any atom is -0.396 e. The number of nitrogens with zero attached hydrogens (tertiary/aromatic N) is 1. The van der Waals surface area contributed by atoms with Crippen molar-refractivity contribution in [3.63, 3.8) is 0 Å². The van der Waals surface area contributed by atoms with E-state index in [-0.39, 0.29) is 24.1 Å². The Hall–Kier alpha value is -1.56. The van der Waals surface area contributed by atoms with Crippen molar-refractivity contribution in [2.24, 2.45) is 5.92 Å². The second kappa shape index (κ2) is 5.39. The molecule has 6 heteroatoms. The van der Waals surface area contributed by atoms with Crippen molar-refractivity contribution in [1.29, 1.82) is 0 Å². The van der Waals surface area contributed by atoms with Crippen LogP contribution in [0.15, 0.2) is 0 Å². The van der Waals surface area contributed by atoms with Gasteiger partial charge in [-0.3, -0.25) is 9.89 Å². The van der Waals surface area contributed by atoms with Crippen LogP contribution in [-0.4, -0.2) is 34.4 Å². The molecule has 1 fully saturated rings. The first-order valence-corrected chi connectivity index (χ1v) is 6.36. The van der Waals surface area contributed by atoms with Crippen LogP contribution < -0.4 is 11.1 Å². The van der Waals surface area contributed by atoms with Crippen molar-refractivity contribution >= 4 is 11.6 Å². The first-order valence-electron chi connectivity index (χ1n) is 6.36. The Morgan fingerprint density at radius 3 is 3.00 bits per heavy atom. The van der Waals surface area contributed by atoms with Gasteiger partial charge in [-0.25, -0.2) is 0 Å². The Bertz CT molecular complexity index is 426. The van der Waals surface area contributed by atoms with Crippen LogP contribution in [0.2, 0.25) is 0 Å². The van der Waals surface area contributed by atoms with E-state index in [0.717, 1.165) is 18.5 Å². The number of hydrogen-bond acceptors (Lipinski definition) is 4. The molecule has 6 nitrogen and oxygen atoms in total. The average Bonchev–Trinajstić information content (AvgIpc) is 3.10. The van der Waals surface area contributed by atoms with Gasteiger partial charge in [0.25, 0.3) is 5.91 Å². The van der Waals surface area contributed by atoms with Crippen molar-refractivity contribution < 1.29 is 9.90 Å². The van der Waals surface area contributed by atoms with Gasteiger partial charge in [-0.1, -0.05) is 6.92 Å². The predicted octanol–water partition coefficient (Wildman–Crippen LogP) is 0.618. The molecule has 0 aliphatic heterocycles. The molecule has 1 aromatic heterocycles. The zero-order valence-electron chi connectivity index (χ0n) is 10.6. The van der Waals surface area contributed by atoms with Crippen molar-refractivity contribution in [1.82, 2.24) is 15.5 Å². The number of aromatic nitrogens is 2. The van der Waals surface area contributed by atoms with Gasteiger partial charge < -0.3 is 16.2 Å². The number of nitrogens with two attached hydrogens (primary N) is 1. The van der Waals surface area contributed by atoms with E-state index < -0.39 is 0 Å². The number of nitrogen functional groups attached to an aromatic ring is 1. The average molecular weight is 252 g/mol. The molecule has 5 N–H and O–H groups in total. The van der Waals surface area contributed by atoms with Gasteiger partial charge in [-0.15, -0.1) is 0 Å². The molecule has 1 amide bonds. The summed E-state index contributed by atoms with van der Waals surface area (Å²) in [5.74, 6) is 0.440. The van der Waals surface area contributed by atoms with Crippen LogP contribution in [0.25, 0.3) is 0 Å². The fourth-order valence-corrected chi connectivity index (χ4v) is 1.89. The van der Waals surface area contributed by atoms with E-state index in [4.69, 9.17) is 10.8 Å². The maximum Gasteiger partial charge on any atom is 0.273 e. The number of carbonyl (C=O) groups is 1. The molecule has 1 aliphatic carbocycles. The van der Waals surface area contributed by atoms with Crippen LogP contribution in [-0.2, 0) is 0 Å². The van der Waals surface area contributed by atoms with Crippen molar-refractivity contribution in [2.45, 2.75) is 32.1 Å². The number of rotatable bonds is 6. The van der Waals surface area contributed by atoms with E-state index in [2.05, 4.69) is 15.5 Å². The number of amides is 1. The third-order valence-electron chi connectivity index (χ3n) is 3.27. The number of nitrogens with one attached hydrogen (secondary N) is 2. The first kappa shape index (κ1) is 12.9. The molecule has 1 aromatic rings. The molecule has 100 valence electrons. The van der Waals surface area contributed by atoms with Crippen LogP contribution in [0, 0.1) is 5.92 Å². The number of hydrogen-bond donors (Lipinski definition) is 4. The molecule has 0 saturated heterocycles. The zero-order chi connectivity index (χ0) is 13.1.